The van der Waals surface area contributed by atoms with E-state index in [1.165, 1.54) is 0 Å². The lowest BCUT2D eigenvalue weighted by molar-refractivity contribution is 0.177. The minimum absolute atomic E-state index is 0.362. The van der Waals surface area contributed by atoms with Gasteiger partial charge in [0.05, 0.1) is 18.2 Å². The van der Waals surface area contributed by atoms with Gasteiger partial charge in [-0.15, -0.1) is 0 Å². The third-order valence-corrected chi connectivity index (χ3v) is 3.16. The van der Waals surface area contributed by atoms with Gasteiger partial charge in [-0.3, -0.25) is 0 Å². The molecule has 0 amide bonds. The van der Waals surface area contributed by atoms with Gasteiger partial charge in [0.2, 0.25) is 0 Å². The molecule has 0 aliphatic carbocycles. The first-order chi connectivity index (χ1) is 8.22. The Hall–Kier alpha value is -0.990. The zero-order valence-corrected chi connectivity index (χ0v) is 11.4. The van der Waals surface area contributed by atoms with Crippen LogP contribution in [0.3, 0.4) is 0 Å². The Morgan fingerprint density at radius 1 is 1.47 bits per heavy atom. The molecule has 1 heterocycles. The van der Waals surface area contributed by atoms with Gasteiger partial charge in [-0.05, 0) is 34.7 Å². The number of hydrogen-bond acceptors (Lipinski definition) is 5. The van der Waals surface area contributed by atoms with Gasteiger partial charge in [0, 0.05) is 10.7 Å². The summed E-state index contributed by atoms with van der Waals surface area (Å²) in [4.78, 5) is 4.27. The van der Waals surface area contributed by atoms with Crippen LogP contribution in [0.1, 0.15) is 11.9 Å². The molecule has 0 radical (unpaired) electrons. The lowest BCUT2D eigenvalue weighted by Crippen LogP contribution is -2.17. The molecule has 0 saturated heterocycles. The molecule has 1 aromatic heterocycles. The molecule has 2 rings (SSSR count). The number of methoxy groups -OCH3 is 1. The summed E-state index contributed by atoms with van der Waals surface area (Å²) in [6, 6.07) is 7.43. The highest BCUT2D eigenvalue weighted by molar-refractivity contribution is 14.1. The van der Waals surface area contributed by atoms with E-state index in [4.69, 9.17) is 15.0 Å². The van der Waals surface area contributed by atoms with Gasteiger partial charge in [-0.2, -0.15) is 4.98 Å². The zero-order chi connectivity index (χ0) is 12.3. The van der Waals surface area contributed by atoms with Crippen LogP contribution in [-0.4, -0.2) is 23.9 Å². The summed E-state index contributed by atoms with van der Waals surface area (Å²) in [6.07, 6.45) is 0. The van der Waals surface area contributed by atoms with E-state index in [2.05, 4.69) is 32.7 Å². The maximum absolute atomic E-state index is 5.82. The van der Waals surface area contributed by atoms with E-state index in [0.717, 1.165) is 9.13 Å². The standard InChI is InChI=1S/C11H12IN3O2/c1-16-6-9(13)10-14-11(17-15-10)7-4-2-3-5-8(7)12/h2-5,9H,6,13H2,1H3. The summed E-state index contributed by atoms with van der Waals surface area (Å²) in [5.74, 6) is 0.943. The fraction of sp³-hybridized carbons (Fsp3) is 0.273. The number of ether oxygens (including phenoxy) is 1. The summed E-state index contributed by atoms with van der Waals surface area (Å²) >= 11 is 2.22. The highest BCUT2D eigenvalue weighted by atomic mass is 127. The van der Waals surface area contributed by atoms with Gasteiger partial charge in [-0.1, -0.05) is 17.3 Å². The van der Waals surface area contributed by atoms with Gasteiger partial charge >= 0.3 is 0 Å². The van der Waals surface area contributed by atoms with Gasteiger partial charge < -0.3 is 15.0 Å². The molecule has 0 bridgehead atoms. The van der Waals surface area contributed by atoms with Gasteiger partial charge in [-0.25, -0.2) is 0 Å². The molecular weight excluding hydrogens is 333 g/mol. The number of nitrogens with zero attached hydrogens (tertiary/aromatic N) is 2. The molecule has 1 aromatic carbocycles. The minimum atomic E-state index is -0.362. The third-order valence-electron chi connectivity index (χ3n) is 2.22. The van der Waals surface area contributed by atoms with Crippen LogP contribution in [0.4, 0.5) is 0 Å². The fourth-order valence-corrected chi connectivity index (χ4v) is 2.00. The Kier molecular flexibility index (Phi) is 4.08. The van der Waals surface area contributed by atoms with Crippen molar-refractivity contribution in [1.82, 2.24) is 10.1 Å². The normalized spacial score (nSPS) is 12.6. The van der Waals surface area contributed by atoms with E-state index in [1.807, 2.05) is 24.3 Å². The largest absolute Gasteiger partial charge is 0.383 e. The number of hydrogen-bond donors (Lipinski definition) is 1. The Labute approximate surface area is 112 Å². The smallest absolute Gasteiger partial charge is 0.259 e. The molecule has 17 heavy (non-hydrogen) atoms. The molecule has 90 valence electrons. The Morgan fingerprint density at radius 3 is 2.94 bits per heavy atom. The van der Waals surface area contributed by atoms with E-state index >= 15 is 0 Å². The van der Waals surface area contributed by atoms with E-state index < -0.39 is 0 Å². The molecule has 2 N–H and O–H groups in total. The summed E-state index contributed by atoms with van der Waals surface area (Å²) in [5, 5.41) is 3.86. The second-order valence-electron chi connectivity index (χ2n) is 3.50. The van der Waals surface area contributed by atoms with Crippen LogP contribution < -0.4 is 5.73 Å². The maximum Gasteiger partial charge on any atom is 0.259 e. The van der Waals surface area contributed by atoms with Crippen molar-refractivity contribution in [1.29, 1.82) is 0 Å². The topological polar surface area (TPSA) is 74.2 Å². The highest BCUT2D eigenvalue weighted by Crippen LogP contribution is 2.24. The predicted octanol–water partition coefficient (Wildman–Crippen LogP) is 1.99. The Balaban J connectivity index is 2.27. The number of halogens is 1. The van der Waals surface area contributed by atoms with Gasteiger partial charge in [0.25, 0.3) is 5.89 Å². The maximum atomic E-state index is 5.82. The van der Waals surface area contributed by atoms with Crippen LogP contribution in [0.15, 0.2) is 28.8 Å². The van der Waals surface area contributed by atoms with Crippen LogP contribution in [0.25, 0.3) is 11.5 Å². The van der Waals surface area contributed by atoms with Crippen molar-refractivity contribution in [2.24, 2.45) is 5.73 Å². The first-order valence-electron chi connectivity index (χ1n) is 5.05. The minimum Gasteiger partial charge on any atom is -0.383 e. The second kappa shape index (κ2) is 5.56. The highest BCUT2D eigenvalue weighted by Gasteiger charge is 2.16. The second-order valence-corrected chi connectivity index (χ2v) is 4.66. The van der Waals surface area contributed by atoms with Crippen molar-refractivity contribution >= 4 is 22.6 Å². The molecule has 6 heteroatoms. The average molecular weight is 345 g/mol. The van der Waals surface area contributed by atoms with Crippen molar-refractivity contribution in [3.05, 3.63) is 33.7 Å². The molecule has 0 fully saturated rings. The quantitative estimate of drug-likeness (QED) is 0.858. The number of benzene rings is 1. The zero-order valence-electron chi connectivity index (χ0n) is 9.26. The SMILES string of the molecule is COCC(N)c1noc(-c2ccccc2I)n1. The number of aromatic nitrogens is 2. The van der Waals surface area contributed by atoms with Crippen molar-refractivity contribution < 1.29 is 9.26 Å². The molecule has 0 aliphatic heterocycles. The summed E-state index contributed by atoms with van der Waals surface area (Å²) < 4.78 is 11.2. The van der Waals surface area contributed by atoms with Gasteiger partial charge in [0.15, 0.2) is 5.82 Å². The third kappa shape index (κ3) is 2.82. The van der Waals surface area contributed by atoms with E-state index in [1.54, 1.807) is 7.11 Å². The first kappa shape index (κ1) is 12.5. The van der Waals surface area contributed by atoms with Crippen LogP contribution in [0.2, 0.25) is 0 Å². The van der Waals surface area contributed by atoms with Crippen molar-refractivity contribution in [3.8, 4) is 11.5 Å². The van der Waals surface area contributed by atoms with E-state index in [0.29, 0.717) is 18.3 Å². The monoisotopic (exact) mass is 345 g/mol. The van der Waals surface area contributed by atoms with E-state index in [9.17, 15) is 0 Å². The van der Waals surface area contributed by atoms with Crippen molar-refractivity contribution in [2.75, 3.05) is 13.7 Å². The molecule has 0 saturated carbocycles. The summed E-state index contributed by atoms with van der Waals surface area (Å²) in [6.45, 7) is 0.366. The van der Waals surface area contributed by atoms with Crippen LogP contribution >= 0.6 is 22.6 Å². The molecule has 0 spiro atoms. The molecule has 1 atom stereocenters. The van der Waals surface area contributed by atoms with Crippen molar-refractivity contribution in [2.45, 2.75) is 6.04 Å². The average Bonchev–Trinajstić information content (AvgIpc) is 2.79. The van der Waals surface area contributed by atoms with Crippen LogP contribution in [0, 0.1) is 3.57 Å². The predicted molar refractivity (Wildman–Crippen MR) is 71.3 cm³/mol. The lowest BCUT2D eigenvalue weighted by Gasteiger charge is -2.03. The van der Waals surface area contributed by atoms with Crippen LogP contribution in [-0.2, 0) is 4.74 Å². The molecular formula is C11H12IN3O2. The van der Waals surface area contributed by atoms with Gasteiger partial charge in [0.1, 0.15) is 0 Å². The first-order valence-corrected chi connectivity index (χ1v) is 6.13. The molecule has 5 nitrogen and oxygen atoms in total. The molecule has 0 aliphatic rings. The van der Waals surface area contributed by atoms with Crippen molar-refractivity contribution in [3.63, 3.8) is 0 Å². The molecule has 1 unspecified atom stereocenters. The summed E-state index contributed by atoms with van der Waals surface area (Å²) in [7, 11) is 1.58. The Morgan fingerprint density at radius 2 is 2.24 bits per heavy atom. The molecule has 2 aromatic rings. The van der Waals surface area contributed by atoms with E-state index in [-0.39, 0.29) is 6.04 Å². The summed E-state index contributed by atoms with van der Waals surface area (Å²) in [5.41, 5.74) is 6.74. The Bertz CT molecular complexity index is 501. The lowest BCUT2D eigenvalue weighted by atomic mass is 10.2. The number of nitrogens with two attached hydrogens (primary N) is 1. The number of rotatable bonds is 4. The fourth-order valence-electron chi connectivity index (χ4n) is 1.38. The van der Waals surface area contributed by atoms with Crippen LogP contribution in [0.5, 0.6) is 0 Å².